The summed E-state index contributed by atoms with van der Waals surface area (Å²) in [6.45, 7) is 0. The van der Waals surface area contributed by atoms with Crippen LogP contribution in [0.5, 0.6) is 0 Å². The number of carbonyl (C=O) groups excluding carboxylic acids is 1. The molecule has 1 amide bonds. The predicted molar refractivity (Wildman–Crippen MR) is 71.0 cm³/mol. The minimum Gasteiger partial charge on any atom is -0.479 e. The molecule has 0 spiro atoms. The molecule has 1 heterocycles. The van der Waals surface area contributed by atoms with Gasteiger partial charge in [0.2, 0.25) is 5.91 Å². The number of benzene rings is 1. The summed E-state index contributed by atoms with van der Waals surface area (Å²) < 4.78 is 19.1. The molecule has 21 heavy (non-hydrogen) atoms. The molecule has 6 heteroatoms. The minimum atomic E-state index is -1.06. The second kappa shape index (κ2) is 5.11. The average Bonchev–Trinajstić information content (AvgIpc) is 3.04. The van der Waals surface area contributed by atoms with Gasteiger partial charge in [-0.05, 0) is 31.7 Å². The molecule has 5 nitrogen and oxygen atoms in total. The van der Waals surface area contributed by atoms with E-state index in [0.29, 0.717) is 31.2 Å². The van der Waals surface area contributed by atoms with E-state index in [-0.39, 0.29) is 11.7 Å². The van der Waals surface area contributed by atoms with Crippen molar-refractivity contribution in [3.63, 3.8) is 0 Å². The van der Waals surface area contributed by atoms with E-state index in [2.05, 4.69) is 5.32 Å². The molecule has 0 radical (unpaired) electrons. The van der Waals surface area contributed by atoms with Gasteiger partial charge in [-0.15, -0.1) is 0 Å². The van der Waals surface area contributed by atoms with Crippen LogP contribution in [0.15, 0.2) is 24.3 Å². The van der Waals surface area contributed by atoms with Gasteiger partial charge in [-0.3, -0.25) is 4.79 Å². The van der Waals surface area contributed by atoms with Gasteiger partial charge in [-0.25, -0.2) is 9.18 Å². The number of nitrogens with one attached hydrogen (secondary N) is 1. The van der Waals surface area contributed by atoms with Crippen LogP contribution < -0.4 is 5.32 Å². The molecule has 2 N–H and O–H groups in total. The Labute approximate surface area is 121 Å². The third kappa shape index (κ3) is 2.63. The summed E-state index contributed by atoms with van der Waals surface area (Å²) in [5, 5.41) is 11.7. The van der Waals surface area contributed by atoms with Crippen molar-refractivity contribution >= 4 is 11.9 Å². The van der Waals surface area contributed by atoms with Crippen LogP contribution in [0, 0.1) is 5.82 Å². The molecule has 0 bridgehead atoms. The smallest absolute Gasteiger partial charge is 0.332 e. The highest BCUT2D eigenvalue weighted by Crippen LogP contribution is 2.46. The molecule has 1 aromatic carbocycles. The second-order valence-corrected chi connectivity index (χ2v) is 5.58. The fraction of sp³-hybridized carbons (Fsp3) is 0.467. The lowest BCUT2D eigenvalue weighted by Gasteiger charge is -2.21. The minimum absolute atomic E-state index is 0.320. The molecule has 0 unspecified atom stereocenters. The third-order valence-corrected chi connectivity index (χ3v) is 4.09. The highest BCUT2D eigenvalue weighted by molar-refractivity contribution is 5.83. The van der Waals surface area contributed by atoms with Crippen molar-refractivity contribution < 1.29 is 23.8 Å². The fourth-order valence-corrected chi connectivity index (χ4v) is 2.76. The highest BCUT2D eigenvalue weighted by Gasteiger charge is 2.49. The van der Waals surface area contributed by atoms with Crippen molar-refractivity contribution in [3.05, 3.63) is 35.6 Å². The lowest BCUT2D eigenvalue weighted by atomic mass is 10.0. The van der Waals surface area contributed by atoms with Crippen molar-refractivity contribution in [2.24, 2.45) is 0 Å². The maximum absolute atomic E-state index is 13.9. The Kier molecular flexibility index (Phi) is 3.41. The number of hydrogen-bond donors (Lipinski definition) is 2. The number of aliphatic carboxylic acids is 1. The van der Waals surface area contributed by atoms with Gasteiger partial charge in [-0.1, -0.05) is 18.2 Å². The van der Waals surface area contributed by atoms with Crippen LogP contribution >= 0.6 is 0 Å². The molecule has 2 aliphatic rings. The first kappa shape index (κ1) is 14.0. The molecular weight excluding hydrogens is 277 g/mol. The van der Waals surface area contributed by atoms with Crippen LogP contribution in [0.4, 0.5) is 4.39 Å². The molecular formula is C15H16FNO4. The lowest BCUT2D eigenvalue weighted by molar-refractivity contribution is -0.152. The number of carboxylic acids is 1. The van der Waals surface area contributed by atoms with E-state index >= 15 is 0 Å². The molecule has 1 aromatic rings. The number of rotatable bonds is 4. The van der Waals surface area contributed by atoms with Crippen LogP contribution in [-0.2, 0) is 19.9 Å². The largest absolute Gasteiger partial charge is 0.479 e. The van der Waals surface area contributed by atoms with Gasteiger partial charge in [0, 0.05) is 5.56 Å². The predicted octanol–water partition coefficient (Wildman–Crippen LogP) is 1.56. The standard InChI is InChI=1S/C15H16FNO4/c16-10-4-2-1-3-9(10)15(7-8-15)17-13(18)11-5-6-12(21-11)14(19)20/h1-4,11-12H,5-8H2,(H,17,18)(H,19,20)/t11-,12+/m0/s1. The Morgan fingerprint density at radius 1 is 1.24 bits per heavy atom. The first-order valence-corrected chi connectivity index (χ1v) is 6.97. The molecule has 3 rings (SSSR count). The third-order valence-electron chi connectivity index (χ3n) is 4.09. The number of carbonyl (C=O) groups is 2. The van der Waals surface area contributed by atoms with E-state index in [1.807, 2.05) is 0 Å². The van der Waals surface area contributed by atoms with Gasteiger partial charge in [0.1, 0.15) is 11.9 Å². The van der Waals surface area contributed by atoms with Crippen molar-refractivity contribution in [2.45, 2.75) is 43.4 Å². The van der Waals surface area contributed by atoms with Gasteiger partial charge in [0.05, 0.1) is 5.54 Å². The number of hydrogen-bond acceptors (Lipinski definition) is 3. The normalized spacial score (nSPS) is 26.3. The van der Waals surface area contributed by atoms with Gasteiger partial charge in [0.15, 0.2) is 6.10 Å². The zero-order valence-electron chi connectivity index (χ0n) is 11.3. The summed E-state index contributed by atoms with van der Waals surface area (Å²) in [5.74, 6) is -1.76. The molecule has 1 saturated heterocycles. The molecule has 1 saturated carbocycles. The molecule has 0 aromatic heterocycles. The van der Waals surface area contributed by atoms with Crippen LogP contribution in [0.25, 0.3) is 0 Å². The summed E-state index contributed by atoms with van der Waals surface area (Å²) >= 11 is 0. The van der Waals surface area contributed by atoms with E-state index in [4.69, 9.17) is 9.84 Å². The molecule has 2 fully saturated rings. The number of ether oxygens (including phenoxy) is 1. The number of halogens is 1. The summed E-state index contributed by atoms with van der Waals surface area (Å²) in [7, 11) is 0. The topological polar surface area (TPSA) is 75.6 Å². The Morgan fingerprint density at radius 2 is 1.90 bits per heavy atom. The molecule has 2 atom stereocenters. The van der Waals surface area contributed by atoms with Gasteiger partial charge in [0.25, 0.3) is 0 Å². The number of carboxylic acid groups (broad SMARTS) is 1. The Bertz CT molecular complexity index is 585. The summed E-state index contributed by atoms with van der Waals surface area (Å²) in [6.07, 6.45) is 0.347. The Balaban J connectivity index is 1.68. The maximum atomic E-state index is 13.9. The van der Waals surface area contributed by atoms with E-state index in [1.54, 1.807) is 18.2 Å². The van der Waals surface area contributed by atoms with Crippen LogP contribution in [0.3, 0.4) is 0 Å². The van der Waals surface area contributed by atoms with E-state index in [9.17, 15) is 14.0 Å². The van der Waals surface area contributed by atoms with E-state index < -0.39 is 23.7 Å². The van der Waals surface area contributed by atoms with Gasteiger partial charge >= 0.3 is 5.97 Å². The fourth-order valence-electron chi connectivity index (χ4n) is 2.76. The summed E-state index contributed by atoms with van der Waals surface area (Å²) in [4.78, 5) is 23.0. The van der Waals surface area contributed by atoms with Crippen molar-refractivity contribution in [1.29, 1.82) is 0 Å². The zero-order chi connectivity index (χ0) is 15.0. The molecule has 1 aliphatic heterocycles. The lowest BCUT2D eigenvalue weighted by Crippen LogP contribution is -2.42. The van der Waals surface area contributed by atoms with Gasteiger partial charge in [-0.2, -0.15) is 0 Å². The molecule has 112 valence electrons. The van der Waals surface area contributed by atoms with E-state index in [0.717, 1.165) is 0 Å². The van der Waals surface area contributed by atoms with Crippen molar-refractivity contribution in [3.8, 4) is 0 Å². The zero-order valence-corrected chi connectivity index (χ0v) is 11.3. The number of amides is 1. The highest BCUT2D eigenvalue weighted by atomic mass is 19.1. The van der Waals surface area contributed by atoms with Gasteiger partial charge < -0.3 is 15.2 Å². The quantitative estimate of drug-likeness (QED) is 0.883. The van der Waals surface area contributed by atoms with Crippen molar-refractivity contribution in [2.75, 3.05) is 0 Å². The van der Waals surface area contributed by atoms with E-state index in [1.165, 1.54) is 6.07 Å². The Morgan fingerprint density at radius 3 is 2.48 bits per heavy atom. The SMILES string of the molecule is O=C(NC1(c2ccccc2F)CC1)[C@@H]1CC[C@H](C(=O)O)O1. The van der Waals surface area contributed by atoms with Crippen LogP contribution in [0.2, 0.25) is 0 Å². The maximum Gasteiger partial charge on any atom is 0.332 e. The van der Waals surface area contributed by atoms with Crippen molar-refractivity contribution in [1.82, 2.24) is 5.32 Å². The second-order valence-electron chi connectivity index (χ2n) is 5.58. The first-order valence-electron chi connectivity index (χ1n) is 6.97. The Hall–Kier alpha value is -1.95. The van der Waals surface area contributed by atoms with Crippen LogP contribution in [0.1, 0.15) is 31.2 Å². The first-order chi connectivity index (χ1) is 10.0. The molecule has 1 aliphatic carbocycles. The summed E-state index contributed by atoms with van der Waals surface area (Å²) in [5.41, 5.74) is -0.182. The monoisotopic (exact) mass is 293 g/mol. The average molecular weight is 293 g/mol. The van der Waals surface area contributed by atoms with Crippen LogP contribution in [-0.4, -0.2) is 29.2 Å². The summed E-state index contributed by atoms with van der Waals surface area (Å²) in [6, 6.07) is 6.37.